The lowest BCUT2D eigenvalue weighted by Crippen LogP contribution is -2.66. The van der Waals surface area contributed by atoms with Crippen molar-refractivity contribution in [1.29, 1.82) is 0 Å². The van der Waals surface area contributed by atoms with E-state index in [4.69, 9.17) is 23.7 Å². The highest BCUT2D eigenvalue weighted by molar-refractivity contribution is 5.81. The molecule has 2 N–H and O–H groups in total. The van der Waals surface area contributed by atoms with Crippen molar-refractivity contribution in [1.82, 2.24) is 10.6 Å². The van der Waals surface area contributed by atoms with Crippen molar-refractivity contribution in [3.63, 3.8) is 0 Å². The fraction of sp³-hybridized carbons (Fsp3) is 0.727. The first kappa shape index (κ1) is 34.5. The van der Waals surface area contributed by atoms with Gasteiger partial charge in [-0.15, -0.1) is 0 Å². The molecule has 0 unspecified atom stereocenters. The van der Waals surface area contributed by atoms with Crippen LogP contribution in [0.4, 0.5) is 26.3 Å². The van der Waals surface area contributed by atoms with Gasteiger partial charge in [-0.1, -0.05) is 0 Å². The number of alkyl halides is 6. The second-order valence-corrected chi connectivity index (χ2v) is 9.02. The van der Waals surface area contributed by atoms with Crippen LogP contribution in [0.2, 0.25) is 0 Å². The number of ether oxygens (including phenoxy) is 6. The molecule has 2 rings (SSSR count). The van der Waals surface area contributed by atoms with Gasteiger partial charge in [0, 0.05) is 34.1 Å². The lowest BCUT2D eigenvalue weighted by atomic mass is 9.97. The van der Waals surface area contributed by atoms with E-state index in [1.165, 1.54) is 0 Å². The highest BCUT2D eigenvalue weighted by atomic mass is 19.4. The molecular weight excluding hydrogens is 598 g/mol. The van der Waals surface area contributed by atoms with Crippen LogP contribution in [0.25, 0.3) is 0 Å². The van der Waals surface area contributed by atoms with Crippen LogP contribution in [0, 0.1) is 0 Å². The largest absolute Gasteiger partial charge is 0.463 e. The molecule has 0 radical (unpaired) electrons. The Balaban J connectivity index is 2.28. The van der Waals surface area contributed by atoms with E-state index in [1.54, 1.807) is 0 Å². The first-order valence-electron chi connectivity index (χ1n) is 11.9. The fourth-order valence-electron chi connectivity index (χ4n) is 4.04. The van der Waals surface area contributed by atoms with Crippen LogP contribution in [-0.2, 0) is 57.2 Å². The van der Waals surface area contributed by atoms with E-state index in [0.717, 1.165) is 33.0 Å². The van der Waals surface area contributed by atoms with Crippen molar-refractivity contribution < 1.29 is 83.5 Å². The number of halogens is 6. The first-order valence-corrected chi connectivity index (χ1v) is 11.9. The Morgan fingerprint density at radius 3 is 1.79 bits per heavy atom. The molecule has 0 spiro atoms. The van der Waals surface area contributed by atoms with Crippen LogP contribution >= 0.6 is 0 Å². The Bertz CT molecular complexity index is 1070. The zero-order chi connectivity index (χ0) is 32.2. The number of amides is 1. The summed E-state index contributed by atoms with van der Waals surface area (Å²) in [5, 5.41) is 3.21. The summed E-state index contributed by atoms with van der Waals surface area (Å²) >= 11 is 0. The number of nitrogens with one attached hydrogen (secondary N) is 2. The molecular formula is C22H26F6N2O12. The van der Waals surface area contributed by atoms with E-state index in [9.17, 15) is 55.1 Å². The van der Waals surface area contributed by atoms with Gasteiger partial charge in [0.15, 0.2) is 24.5 Å². The number of cyclic esters (lactones) is 1. The minimum absolute atomic E-state index is 0.640. The second-order valence-electron chi connectivity index (χ2n) is 9.02. The number of carbonyl (C=O) groups excluding carboxylic acids is 6. The van der Waals surface area contributed by atoms with E-state index in [2.05, 4.69) is 10.1 Å². The highest BCUT2D eigenvalue weighted by Gasteiger charge is 2.78. The summed E-state index contributed by atoms with van der Waals surface area (Å²) in [6.07, 6.45) is -22.2. The van der Waals surface area contributed by atoms with Gasteiger partial charge in [-0.3, -0.25) is 34.1 Å². The third kappa shape index (κ3) is 8.20. The maximum absolute atomic E-state index is 13.2. The average molecular weight is 624 g/mol. The van der Waals surface area contributed by atoms with Crippen molar-refractivity contribution in [3.8, 4) is 0 Å². The molecule has 14 nitrogen and oxygen atoms in total. The average Bonchev–Trinajstić information content (AvgIpc) is 3.17. The summed E-state index contributed by atoms with van der Waals surface area (Å²) in [6, 6.07) is -2.21. The molecule has 2 aliphatic heterocycles. The third-order valence-electron chi connectivity index (χ3n) is 5.67. The molecule has 2 heterocycles. The summed E-state index contributed by atoms with van der Waals surface area (Å²) in [4.78, 5) is 71.3. The number of rotatable bonds is 9. The van der Waals surface area contributed by atoms with Gasteiger partial charge in [0.25, 0.3) is 0 Å². The number of hydrogen-bond acceptors (Lipinski definition) is 13. The molecule has 238 valence electrons. The van der Waals surface area contributed by atoms with Gasteiger partial charge < -0.3 is 33.7 Å². The maximum atomic E-state index is 13.2. The first-order chi connectivity index (χ1) is 19.2. The summed E-state index contributed by atoms with van der Waals surface area (Å²) in [7, 11) is 0. The molecule has 0 aromatic rings. The standard InChI is InChI=1S/C22H26F6N2O12/c1-8(31)37-7-13-15(38-9(2)32)16(39-10(3)33)17(40-11(4)34)18(41-13)29-14(35)6-5-12-19(36)42-20(30-12,21(23,24)25)22(26,27)28/h12-13,15-18,30H,5-7H2,1-4H3,(H,29,35)/t12-,13+,15-,16-,17+,18+/m0/s1. The molecule has 2 aliphatic rings. The SMILES string of the molecule is CC(=O)OC[C@H]1O[C@@H](NC(=O)CC[C@@H]2NC(C(F)(F)F)(C(F)(F)F)OC2=O)[C@H](OC(C)=O)[C@@H](OC(C)=O)[C@H]1OC(C)=O. The van der Waals surface area contributed by atoms with Crippen LogP contribution in [0.3, 0.4) is 0 Å². The third-order valence-corrected chi connectivity index (χ3v) is 5.67. The minimum Gasteiger partial charge on any atom is -0.463 e. The molecule has 20 heteroatoms. The fourth-order valence-corrected chi connectivity index (χ4v) is 4.04. The van der Waals surface area contributed by atoms with Crippen molar-refractivity contribution in [2.45, 2.75) is 95.3 Å². The Hall–Kier alpha value is -3.68. The Morgan fingerprint density at radius 1 is 0.833 bits per heavy atom. The topological polar surface area (TPSA) is 182 Å². The van der Waals surface area contributed by atoms with E-state index in [-0.39, 0.29) is 0 Å². The van der Waals surface area contributed by atoms with Gasteiger partial charge in [0.2, 0.25) is 5.91 Å². The van der Waals surface area contributed by atoms with Crippen molar-refractivity contribution in [3.05, 3.63) is 0 Å². The molecule has 0 bridgehead atoms. The molecule has 0 aromatic carbocycles. The summed E-state index contributed by atoms with van der Waals surface area (Å²) in [5.41, 5.74) is -4.99. The van der Waals surface area contributed by atoms with Crippen LogP contribution in [0.5, 0.6) is 0 Å². The molecule has 2 fully saturated rings. The van der Waals surface area contributed by atoms with E-state index < -0.39 is 110 Å². The van der Waals surface area contributed by atoms with Crippen molar-refractivity contribution in [2.75, 3.05) is 6.61 Å². The summed E-state index contributed by atoms with van der Waals surface area (Å²) in [5.74, 6) is -6.81. The van der Waals surface area contributed by atoms with Crippen LogP contribution in [0.1, 0.15) is 40.5 Å². The number of esters is 5. The van der Waals surface area contributed by atoms with Crippen LogP contribution in [0.15, 0.2) is 0 Å². The van der Waals surface area contributed by atoms with Gasteiger partial charge in [-0.05, 0) is 6.42 Å². The van der Waals surface area contributed by atoms with Gasteiger partial charge in [0.05, 0.1) is 0 Å². The Labute approximate surface area is 232 Å². The molecule has 1 amide bonds. The zero-order valence-electron chi connectivity index (χ0n) is 22.3. The predicted octanol–water partition coefficient (Wildman–Crippen LogP) is 0.302. The smallest absolute Gasteiger partial charge is 0.452 e. The predicted molar refractivity (Wildman–Crippen MR) is 117 cm³/mol. The van der Waals surface area contributed by atoms with Crippen LogP contribution in [-0.4, -0.2) is 97.1 Å². The van der Waals surface area contributed by atoms with E-state index in [1.807, 2.05) is 0 Å². The normalized spacial score (nSPS) is 27.3. The lowest BCUT2D eigenvalue weighted by Gasteiger charge is -2.44. The Morgan fingerprint density at radius 2 is 1.33 bits per heavy atom. The van der Waals surface area contributed by atoms with Gasteiger partial charge in [-0.2, -0.15) is 26.3 Å². The maximum Gasteiger partial charge on any atom is 0.452 e. The zero-order valence-corrected chi connectivity index (χ0v) is 22.3. The lowest BCUT2D eigenvalue weighted by molar-refractivity contribution is -0.369. The summed E-state index contributed by atoms with van der Waals surface area (Å²) < 4.78 is 109. The second kappa shape index (κ2) is 13.1. The molecule has 6 atom stereocenters. The molecule has 0 aromatic heterocycles. The van der Waals surface area contributed by atoms with E-state index in [0.29, 0.717) is 0 Å². The number of hydrogen-bond donors (Lipinski definition) is 2. The van der Waals surface area contributed by atoms with Crippen molar-refractivity contribution in [2.24, 2.45) is 0 Å². The van der Waals surface area contributed by atoms with Crippen LogP contribution < -0.4 is 10.6 Å². The Kier molecular flexibility index (Phi) is 10.8. The van der Waals surface area contributed by atoms with Gasteiger partial charge in [0.1, 0.15) is 18.8 Å². The molecule has 0 aliphatic carbocycles. The molecule has 42 heavy (non-hydrogen) atoms. The van der Waals surface area contributed by atoms with Gasteiger partial charge in [-0.25, -0.2) is 0 Å². The minimum atomic E-state index is -6.09. The van der Waals surface area contributed by atoms with E-state index >= 15 is 0 Å². The molecule has 0 saturated carbocycles. The highest BCUT2D eigenvalue weighted by Crippen LogP contribution is 2.47. The van der Waals surface area contributed by atoms with Crippen molar-refractivity contribution >= 4 is 35.8 Å². The summed E-state index contributed by atoms with van der Waals surface area (Å²) in [6.45, 7) is 3.20. The quantitative estimate of drug-likeness (QED) is 0.203. The number of carbonyl (C=O) groups is 6. The monoisotopic (exact) mass is 624 g/mol. The van der Waals surface area contributed by atoms with Gasteiger partial charge >= 0.3 is 47.9 Å². The molecule has 2 saturated heterocycles.